The maximum Gasteiger partial charge on any atom is 0.341 e. The molecule has 0 saturated carbocycles. The topological polar surface area (TPSA) is 55.8 Å². The van der Waals surface area contributed by atoms with E-state index in [-0.39, 0.29) is 11.3 Å². The summed E-state index contributed by atoms with van der Waals surface area (Å²) in [6.45, 7) is 2.58. The van der Waals surface area contributed by atoms with Gasteiger partial charge < -0.3 is 14.6 Å². The minimum absolute atomic E-state index is 0.0610. The minimum atomic E-state index is -0.542. The van der Waals surface area contributed by atoms with Crippen molar-refractivity contribution in [3.63, 3.8) is 0 Å². The van der Waals surface area contributed by atoms with Crippen LogP contribution in [0.25, 0.3) is 0 Å². The summed E-state index contributed by atoms with van der Waals surface area (Å²) in [5.41, 5.74) is 4.53. The smallest absolute Gasteiger partial charge is 0.341 e. The van der Waals surface area contributed by atoms with Gasteiger partial charge in [0.1, 0.15) is 23.7 Å². The fraction of sp³-hybridized carbons (Fsp3) is 0.208. The SMILES string of the molecule is COC(=O)c1ccc(CCc2cc(C)ccc2OCc2ccccc2)cc1O. The van der Waals surface area contributed by atoms with Crippen molar-refractivity contribution in [2.24, 2.45) is 0 Å². The second kappa shape index (κ2) is 9.09. The molecule has 0 fully saturated rings. The number of methoxy groups -OCH3 is 1. The Balaban J connectivity index is 1.70. The van der Waals surface area contributed by atoms with Crippen molar-refractivity contribution in [2.45, 2.75) is 26.4 Å². The van der Waals surface area contributed by atoms with Crippen molar-refractivity contribution >= 4 is 5.97 Å². The molecule has 3 aromatic carbocycles. The average Bonchev–Trinajstić information content (AvgIpc) is 2.72. The molecule has 3 rings (SSSR count). The lowest BCUT2D eigenvalue weighted by Crippen LogP contribution is -2.03. The van der Waals surface area contributed by atoms with Gasteiger partial charge in [-0.25, -0.2) is 4.79 Å². The molecule has 0 heterocycles. The Morgan fingerprint density at radius 2 is 1.71 bits per heavy atom. The van der Waals surface area contributed by atoms with Gasteiger partial charge in [0.25, 0.3) is 0 Å². The second-order valence-electron chi connectivity index (χ2n) is 6.73. The normalized spacial score (nSPS) is 10.5. The number of phenolic OH excluding ortho intramolecular Hbond substituents is 1. The van der Waals surface area contributed by atoms with Crippen LogP contribution in [0.3, 0.4) is 0 Å². The van der Waals surface area contributed by atoms with Gasteiger partial charge in [-0.3, -0.25) is 0 Å². The van der Waals surface area contributed by atoms with Gasteiger partial charge in [0, 0.05) is 0 Å². The van der Waals surface area contributed by atoms with Crippen molar-refractivity contribution < 1.29 is 19.4 Å². The molecule has 0 spiro atoms. The number of hydrogen-bond acceptors (Lipinski definition) is 4. The van der Waals surface area contributed by atoms with Gasteiger partial charge in [-0.15, -0.1) is 0 Å². The highest BCUT2D eigenvalue weighted by Crippen LogP contribution is 2.25. The molecule has 0 unspecified atom stereocenters. The molecule has 0 aliphatic rings. The van der Waals surface area contributed by atoms with Crippen molar-refractivity contribution in [3.8, 4) is 11.5 Å². The molecule has 28 heavy (non-hydrogen) atoms. The van der Waals surface area contributed by atoms with Crippen molar-refractivity contribution in [1.29, 1.82) is 0 Å². The van der Waals surface area contributed by atoms with Crippen molar-refractivity contribution in [3.05, 3.63) is 94.5 Å². The van der Waals surface area contributed by atoms with Crippen LogP contribution in [-0.4, -0.2) is 18.2 Å². The van der Waals surface area contributed by atoms with Gasteiger partial charge in [-0.05, 0) is 54.7 Å². The number of carbonyl (C=O) groups excluding carboxylic acids is 1. The van der Waals surface area contributed by atoms with Crippen LogP contribution in [0.5, 0.6) is 11.5 Å². The zero-order chi connectivity index (χ0) is 19.9. The van der Waals surface area contributed by atoms with E-state index in [0.29, 0.717) is 6.61 Å². The first-order valence-electron chi connectivity index (χ1n) is 9.23. The molecule has 3 aromatic rings. The Labute approximate surface area is 165 Å². The molecule has 0 bridgehead atoms. The van der Waals surface area contributed by atoms with Gasteiger partial charge in [0.15, 0.2) is 0 Å². The molecule has 0 radical (unpaired) electrons. The lowest BCUT2D eigenvalue weighted by atomic mass is 10.0. The summed E-state index contributed by atoms with van der Waals surface area (Å²) >= 11 is 0. The summed E-state index contributed by atoms with van der Waals surface area (Å²) < 4.78 is 10.7. The van der Waals surface area contributed by atoms with Gasteiger partial charge in [-0.2, -0.15) is 0 Å². The van der Waals surface area contributed by atoms with Gasteiger partial charge in [0.05, 0.1) is 7.11 Å². The van der Waals surface area contributed by atoms with E-state index in [2.05, 4.69) is 17.7 Å². The molecule has 4 heteroatoms. The van der Waals surface area contributed by atoms with Crippen LogP contribution in [-0.2, 0) is 24.2 Å². The standard InChI is InChI=1S/C24H24O4/c1-17-8-13-23(28-16-19-6-4-3-5-7-19)20(14-17)11-9-18-10-12-21(22(25)15-18)24(26)27-2/h3-8,10,12-15,25H,9,11,16H2,1-2H3. The molecule has 0 aliphatic heterocycles. The molecule has 144 valence electrons. The number of esters is 1. The zero-order valence-corrected chi connectivity index (χ0v) is 16.1. The molecular formula is C24H24O4. The van der Waals surface area contributed by atoms with E-state index in [0.717, 1.165) is 35.3 Å². The number of aromatic hydroxyl groups is 1. The van der Waals surface area contributed by atoms with Crippen LogP contribution in [0, 0.1) is 6.92 Å². The number of aryl methyl sites for hydroxylation is 3. The third-order valence-electron chi connectivity index (χ3n) is 4.60. The summed E-state index contributed by atoms with van der Waals surface area (Å²) in [4.78, 5) is 11.6. The summed E-state index contributed by atoms with van der Waals surface area (Å²) in [5, 5.41) is 10.1. The molecule has 0 saturated heterocycles. The predicted molar refractivity (Wildman–Crippen MR) is 109 cm³/mol. The highest BCUT2D eigenvalue weighted by Gasteiger charge is 2.12. The largest absolute Gasteiger partial charge is 0.507 e. The Kier molecular flexibility index (Phi) is 6.33. The summed E-state index contributed by atoms with van der Waals surface area (Å²) in [6, 6.07) is 21.3. The van der Waals surface area contributed by atoms with E-state index in [1.54, 1.807) is 12.1 Å². The molecule has 0 aliphatic carbocycles. The summed E-state index contributed by atoms with van der Waals surface area (Å²) in [7, 11) is 1.30. The Morgan fingerprint density at radius 1 is 0.929 bits per heavy atom. The number of carbonyl (C=O) groups is 1. The van der Waals surface area contributed by atoms with E-state index in [1.807, 2.05) is 48.5 Å². The molecule has 4 nitrogen and oxygen atoms in total. The first-order chi connectivity index (χ1) is 13.6. The lowest BCUT2D eigenvalue weighted by Gasteiger charge is -2.13. The van der Waals surface area contributed by atoms with Crippen LogP contribution in [0.2, 0.25) is 0 Å². The quantitative estimate of drug-likeness (QED) is 0.599. The Hall–Kier alpha value is -3.27. The summed E-state index contributed by atoms with van der Waals surface area (Å²) in [6.07, 6.45) is 1.49. The summed E-state index contributed by atoms with van der Waals surface area (Å²) in [5.74, 6) is 0.262. The van der Waals surface area contributed by atoms with Crippen molar-refractivity contribution in [1.82, 2.24) is 0 Å². The number of ether oxygens (including phenoxy) is 2. The van der Waals surface area contributed by atoms with Gasteiger partial charge >= 0.3 is 5.97 Å². The van der Waals surface area contributed by atoms with Crippen LogP contribution in [0.15, 0.2) is 66.7 Å². The van der Waals surface area contributed by atoms with E-state index in [4.69, 9.17) is 4.74 Å². The molecular weight excluding hydrogens is 352 g/mol. The van der Waals surface area contributed by atoms with Crippen LogP contribution < -0.4 is 4.74 Å². The highest BCUT2D eigenvalue weighted by molar-refractivity contribution is 5.92. The maximum atomic E-state index is 11.6. The molecule has 1 N–H and O–H groups in total. The van der Waals surface area contributed by atoms with Gasteiger partial charge in [0.2, 0.25) is 0 Å². The van der Waals surface area contributed by atoms with Crippen LogP contribution in [0.1, 0.15) is 32.6 Å². The van der Waals surface area contributed by atoms with E-state index >= 15 is 0 Å². The van der Waals surface area contributed by atoms with Gasteiger partial charge in [-0.1, -0.05) is 54.1 Å². The average molecular weight is 376 g/mol. The number of rotatable bonds is 7. The van der Waals surface area contributed by atoms with Crippen LogP contribution >= 0.6 is 0 Å². The number of benzene rings is 3. The Morgan fingerprint density at radius 3 is 2.43 bits per heavy atom. The predicted octanol–water partition coefficient (Wildman–Crippen LogP) is 4.85. The van der Waals surface area contributed by atoms with Crippen molar-refractivity contribution in [2.75, 3.05) is 7.11 Å². The maximum absolute atomic E-state index is 11.6. The van der Waals surface area contributed by atoms with E-state index < -0.39 is 5.97 Å². The fourth-order valence-corrected chi connectivity index (χ4v) is 3.07. The molecule has 0 amide bonds. The Bertz CT molecular complexity index is 948. The highest BCUT2D eigenvalue weighted by atomic mass is 16.5. The lowest BCUT2D eigenvalue weighted by molar-refractivity contribution is 0.0597. The second-order valence-corrected chi connectivity index (χ2v) is 6.73. The monoisotopic (exact) mass is 376 g/mol. The third kappa shape index (κ3) is 4.92. The number of phenols is 1. The zero-order valence-electron chi connectivity index (χ0n) is 16.1. The third-order valence-corrected chi connectivity index (χ3v) is 4.60. The number of hydrogen-bond donors (Lipinski definition) is 1. The molecule has 0 atom stereocenters. The van der Waals surface area contributed by atoms with E-state index in [9.17, 15) is 9.90 Å². The first-order valence-corrected chi connectivity index (χ1v) is 9.23. The van der Waals surface area contributed by atoms with Crippen LogP contribution in [0.4, 0.5) is 0 Å². The minimum Gasteiger partial charge on any atom is -0.507 e. The van der Waals surface area contributed by atoms with E-state index in [1.165, 1.54) is 12.7 Å². The molecule has 0 aromatic heterocycles. The fourth-order valence-electron chi connectivity index (χ4n) is 3.07. The first kappa shape index (κ1) is 19.5.